The Labute approximate surface area is 238 Å². The Balaban J connectivity index is 1.17. The lowest BCUT2D eigenvalue weighted by atomic mass is 10.0. The third kappa shape index (κ3) is 6.96. The van der Waals surface area contributed by atoms with Crippen molar-refractivity contribution in [3.05, 3.63) is 126 Å². The van der Waals surface area contributed by atoms with Gasteiger partial charge < -0.3 is 14.2 Å². The fourth-order valence-electron chi connectivity index (χ4n) is 4.25. The molecular weight excluding hydrogens is 516 g/mol. The molecule has 0 bridgehead atoms. The van der Waals surface area contributed by atoms with Crippen LogP contribution in [0.3, 0.4) is 0 Å². The molecule has 5 rings (SSSR count). The predicted octanol–water partition coefficient (Wildman–Crippen LogP) is 6.65. The number of hydrogen-bond acceptors (Lipinski definition) is 6. The number of esters is 1. The number of carbonyl (C=O) groups excluding carboxylic acids is 2. The Morgan fingerprint density at radius 1 is 0.756 bits per heavy atom. The number of nitrogens with one attached hydrogen (secondary N) is 1. The SMILES string of the molecule is CCOc1cc(/C=N/NC(=O)COc2ccc(-c3ccccc3)cc2)ccc1OC(=O)c1cccc2ccccc12. The van der Waals surface area contributed by atoms with Crippen LogP contribution in [0.5, 0.6) is 17.2 Å². The highest BCUT2D eigenvalue weighted by atomic mass is 16.6. The van der Waals surface area contributed by atoms with Crippen LogP contribution < -0.4 is 19.6 Å². The molecule has 5 aromatic carbocycles. The van der Waals surface area contributed by atoms with Gasteiger partial charge in [-0.3, -0.25) is 4.79 Å². The summed E-state index contributed by atoms with van der Waals surface area (Å²) in [6, 6.07) is 35.7. The van der Waals surface area contributed by atoms with E-state index in [1.54, 1.807) is 24.3 Å². The summed E-state index contributed by atoms with van der Waals surface area (Å²) >= 11 is 0. The number of nitrogens with zero attached hydrogens (tertiary/aromatic N) is 1. The van der Waals surface area contributed by atoms with Crippen LogP contribution in [-0.4, -0.2) is 31.3 Å². The lowest BCUT2D eigenvalue weighted by Gasteiger charge is -2.12. The maximum atomic E-state index is 13.0. The Morgan fingerprint density at radius 3 is 2.29 bits per heavy atom. The molecule has 0 fully saturated rings. The number of carbonyl (C=O) groups is 2. The van der Waals surface area contributed by atoms with Gasteiger partial charge in [0.25, 0.3) is 5.91 Å². The molecule has 7 nitrogen and oxygen atoms in total. The summed E-state index contributed by atoms with van der Waals surface area (Å²) in [5, 5.41) is 5.77. The molecule has 0 aromatic heterocycles. The fourth-order valence-corrected chi connectivity index (χ4v) is 4.25. The number of hydrazone groups is 1. The van der Waals surface area contributed by atoms with E-state index in [9.17, 15) is 9.59 Å². The summed E-state index contributed by atoms with van der Waals surface area (Å²) in [7, 11) is 0. The molecular formula is C34H28N2O5. The zero-order valence-electron chi connectivity index (χ0n) is 22.4. The fraction of sp³-hybridized carbons (Fsp3) is 0.0882. The van der Waals surface area contributed by atoms with E-state index in [0.29, 0.717) is 29.2 Å². The van der Waals surface area contributed by atoms with Gasteiger partial charge in [0.1, 0.15) is 5.75 Å². The summed E-state index contributed by atoms with van der Waals surface area (Å²) in [6.45, 7) is 2.03. The van der Waals surface area contributed by atoms with Crippen LogP contribution in [0.1, 0.15) is 22.8 Å². The first kappa shape index (κ1) is 27.1. The number of hydrogen-bond donors (Lipinski definition) is 1. The monoisotopic (exact) mass is 544 g/mol. The van der Waals surface area contributed by atoms with Gasteiger partial charge in [0.05, 0.1) is 18.4 Å². The van der Waals surface area contributed by atoms with Gasteiger partial charge in [0.2, 0.25) is 0 Å². The number of amides is 1. The van der Waals surface area contributed by atoms with Crippen LogP contribution in [0.2, 0.25) is 0 Å². The van der Waals surface area contributed by atoms with E-state index in [2.05, 4.69) is 10.5 Å². The lowest BCUT2D eigenvalue weighted by molar-refractivity contribution is -0.123. The quantitative estimate of drug-likeness (QED) is 0.0920. The Hall–Kier alpha value is -5.43. The smallest absolute Gasteiger partial charge is 0.344 e. The van der Waals surface area contributed by atoms with Crippen molar-refractivity contribution >= 4 is 28.9 Å². The molecule has 0 radical (unpaired) electrons. The van der Waals surface area contributed by atoms with Crippen molar-refractivity contribution in [1.82, 2.24) is 5.43 Å². The molecule has 0 aliphatic carbocycles. The van der Waals surface area contributed by atoms with Crippen LogP contribution in [-0.2, 0) is 4.79 Å². The van der Waals surface area contributed by atoms with Crippen LogP contribution in [0, 0.1) is 0 Å². The van der Waals surface area contributed by atoms with Crippen molar-refractivity contribution in [2.45, 2.75) is 6.92 Å². The van der Waals surface area contributed by atoms with Gasteiger partial charge in [-0.2, -0.15) is 5.10 Å². The van der Waals surface area contributed by atoms with E-state index in [1.165, 1.54) is 6.21 Å². The number of ether oxygens (including phenoxy) is 3. The van der Waals surface area contributed by atoms with Gasteiger partial charge in [-0.15, -0.1) is 0 Å². The summed E-state index contributed by atoms with van der Waals surface area (Å²) in [6.07, 6.45) is 1.48. The van der Waals surface area contributed by atoms with Crippen LogP contribution >= 0.6 is 0 Å². The largest absolute Gasteiger partial charge is 0.490 e. The van der Waals surface area contributed by atoms with Gasteiger partial charge in [-0.1, -0.05) is 78.9 Å². The van der Waals surface area contributed by atoms with Crippen molar-refractivity contribution in [2.75, 3.05) is 13.2 Å². The van der Waals surface area contributed by atoms with Gasteiger partial charge in [-0.25, -0.2) is 10.2 Å². The Kier molecular flexibility index (Phi) is 8.66. The summed E-state index contributed by atoms with van der Waals surface area (Å²) in [5.41, 5.74) is 5.74. The molecule has 0 spiro atoms. The molecule has 0 unspecified atom stereocenters. The second-order valence-corrected chi connectivity index (χ2v) is 9.03. The Morgan fingerprint density at radius 2 is 1.49 bits per heavy atom. The second kappa shape index (κ2) is 13.1. The highest BCUT2D eigenvalue weighted by Crippen LogP contribution is 2.30. The average Bonchev–Trinajstić information content (AvgIpc) is 3.01. The van der Waals surface area contributed by atoms with E-state index < -0.39 is 11.9 Å². The molecule has 5 aromatic rings. The number of rotatable bonds is 10. The summed E-state index contributed by atoms with van der Waals surface area (Å²) in [4.78, 5) is 25.2. The van der Waals surface area contributed by atoms with Crippen molar-refractivity contribution < 1.29 is 23.8 Å². The van der Waals surface area contributed by atoms with E-state index >= 15 is 0 Å². The zero-order chi connectivity index (χ0) is 28.4. The van der Waals surface area contributed by atoms with Gasteiger partial charge >= 0.3 is 5.97 Å². The first-order valence-electron chi connectivity index (χ1n) is 13.2. The first-order chi connectivity index (χ1) is 20.1. The summed E-state index contributed by atoms with van der Waals surface area (Å²) in [5.74, 6) is 0.375. The minimum Gasteiger partial charge on any atom is -0.490 e. The predicted molar refractivity (Wildman–Crippen MR) is 160 cm³/mol. The number of benzene rings is 5. The molecule has 0 saturated heterocycles. The van der Waals surface area contributed by atoms with Crippen molar-refractivity contribution in [3.8, 4) is 28.4 Å². The highest BCUT2D eigenvalue weighted by molar-refractivity contribution is 6.05. The average molecular weight is 545 g/mol. The molecule has 0 heterocycles. The minimum atomic E-state index is -0.480. The third-order valence-electron chi connectivity index (χ3n) is 6.21. The van der Waals surface area contributed by atoms with Gasteiger partial charge in [0.15, 0.2) is 18.1 Å². The molecule has 41 heavy (non-hydrogen) atoms. The van der Waals surface area contributed by atoms with E-state index in [-0.39, 0.29) is 12.4 Å². The molecule has 204 valence electrons. The molecule has 0 saturated carbocycles. The molecule has 1 amide bonds. The molecule has 0 atom stereocenters. The van der Waals surface area contributed by atoms with Crippen molar-refractivity contribution in [3.63, 3.8) is 0 Å². The molecule has 1 N–H and O–H groups in total. The van der Waals surface area contributed by atoms with E-state index in [0.717, 1.165) is 21.9 Å². The lowest BCUT2D eigenvalue weighted by Crippen LogP contribution is -2.24. The topological polar surface area (TPSA) is 86.2 Å². The standard InChI is InChI=1S/C34H28N2O5/c1-2-39-32-21-24(15-20-31(32)41-34(38)30-14-8-12-27-11-6-7-13-29(27)30)22-35-36-33(37)23-40-28-18-16-26(17-19-28)25-9-4-3-5-10-25/h3-22H,2,23H2,1H3,(H,36,37)/b35-22+. The zero-order valence-corrected chi connectivity index (χ0v) is 22.4. The maximum absolute atomic E-state index is 13.0. The van der Waals surface area contributed by atoms with Crippen LogP contribution in [0.25, 0.3) is 21.9 Å². The maximum Gasteiger partial charge on any atom is 0.344 e. The van der Waals surface area contributed by atoms with E-state index in [4.69, 9.17) is 14.2 Å². The van der Waals surface area contributed by atoms with Crippen molar-refractivity contribution in [2.24, 2.45) is 5.10 Å². The van der Waals surface area contributed by atoms with E-state index in [1.807, 2.05) is 97.9 Å². The van der Waals surface area contributed by atoms with Crippen molar-refractivity contribution in [1.29, 1.82) is 0 Å². The summed E-state index contributed by atoms with van der Waals surface area (Å²) < 4.78 is 17.0. The van der Waals surface area contributed by atoms with Gasteiger partial charge in [0, 0.05) is 0 Å². The second-order valence-electron chi connectivity index (χ2n) is 9.03. The van der Waals surface area contributed by atoms with Crippen LogP contribution in [0.15, 0.2) is 120 Å². The third-order valence-corrected chi connectivity index (χ3v) is 6.21. The highest BCUT2D eigenvalue weighted by Gasteiger charge is 2.15. The molecule has 0 aliphatic rings. The Bertz CT molecular complexity index is 1680. The molecule has 7 heteroatoms. The van der Waals surface area contributed by atoms with Crippen LogP contribution in [0.4, 0.5) is 0 Å². The molecule has 0 aliphatic heterocycles. The first-order valence-corrected chi connectivity index (χ1v) is 13.2. The minimum absolute atomic E-state index is 0.185. The normalized spacial score (nSPS) is 10.9. The van der Waals surface area contributed by atoms with Gasteiger partial charge in [-0.05, 0) is 70.8 Å². The number of fused-ring (bicyclic) bond motifs is 1.